The normalized spacial score (nSPS) is 19.8. The van der Waals surface area contributed by atoms with E-state index in [1.54, 1.807) is 0 Å². The average Bonchev–Trinajstić information content (AvgIpc) is 2.42. The highest BCUT2D eigenvalue weighted by Gasteiger charge is 2.27. The van der Waals surface area contributed by atoms with Gasteiger partial charge in [-0.25, -0.2) is 0 Å². The molecule has 1 aromatic carbocycles. The summed E-state index contributed by atoms with van der Waals surface area (Å²) in [5.74, 6) is 1.65. The van der Waals surface area contributed by atoms with Gasteiger partial charge in [0, 0.05) is 17.6 Å². The average molecular weight is 281 g/mol. The van der Waals surface area contributed by atoms with Crippen molar-refractivity contribution in [1.82, 2.24) is 4.90 Å². The Morgan fingerprint density at radius 2 is 1.89 bits per heavy atom. The molecule has 0 saturated carbocycles. The van der Waals surface area contributed by atoms with Crippen molar-refractivity contribution in [2.75, 3.05) is 19.6 Å². The van der Waals surface area contributed by atoms with Gasteiger partial charge >= 0.3 is 0 Å². The topological polar surface area (TPSA) is 29.3 Å². The molecule has 106 valence electrons. The molecule has 0 aliphatic carbocycles. The Kier molecular flexibility index (Phi) is 5.26. The maximum absolute atomic E-state index is 6.31. The summed E-state index contributed by atoms with van der Waals surface area (Å²) in [5, 5.41) is 0.837. The molecule has 0 spiro atoms. The number of hydrogen-bond donors (Lipinski definition) is 1. The second kappa shape index (κ2) is 6.74. The summed E-state index contributed by atoms with van der Waals surface area (Å²) in [7, 11) is 0. The molecule has 0 bridgehead atoms. The van der Waals surface area contributed by atoms with Crippen LogP contribution in [0, 0.1) is 11.8 Å². The van der Waals surface area contributed by atoms with Gasteiger partial charge in [-0.05, 0) is 49.4 Å². The van der Waals surface area contributed by atoms with Crippen molar-refractivity contribution in [3.8, 4) is 0 Å². The molecule has 2 nitrogen and oxygen atoms in total. The fraction of sp³-hybridized carbons (Fsp3) is 0.625. The van der Waals surface area contributed by atoms with Crippen LogP contribution in [0.3, 0.4) is 0 Å². The summed E-state index contributed by atoms with van der Waals surface area (Å²) in [4.78, 5) is 2.50. The van der Waals surface area contributed by atoms with E-state index in [1.807, 2.05) is 18.2 Å². The van der Waals surface area contributed by atoms with Gasteiger partial charge in [0.2, 0.25) is 0 Å². The Balaban J connectivity index is 2.06. The van der Waals surface area contributed by atoms with E-state index in [2.05, 4.69) is 24.8 Å². The number of benzene rings is 1. The van der Waals surface area contributed by atoms with Gasteiger partial charge in [-0.2, -0.15) is 0 Å². The first-order chi connectivity index (χ1) is 9.13. The second-order valence-corrected chi connectivity index (χ2v) is 6.30. The van der Waals surface area contributed by atoms with E-state index in [0.29, 0.717) is 6.54 Å². The maximum atomic E-state index is 6.31. The lowest BCUT2D eigenvalue weighted by atomic mass is 9.86. The number of piperidine rings is 1. The lowest BCUT2D eigenvalue weighted by molar-refractivity contribution is 0.117. The Bertz CT molecular complexity index is 397. The van der Waals surface area contributed by atoms with Gasteiger partial charge < -0.3 is 5.73 Å². The summed E-state index contributed by atoms with van der Waals surface area (Å²) in [6.45, 7) is 7.56. The van der Waals surface area contributed by atoms with Crippen molar-refractivity contribution in [3.63, 3.8) is 0 Å². The molecule has 1 aromatic rings. The number of hydrogen-bond acceptors (Lipinski definition) is 2. The van der Waals surface area contributed by atoms with E-state index >= 15 is 0 Å². The Labute approximate surface area is 121 Å². The largest absolute Gasteiger partial charge is 0.329 e. The quantitative estimate of drug-likeness (QED) is 0.911. The fourth-order valence-electron chi connectivity index (χ4n) is 3.12. The lowest BCUT2D eigenvalue weighted by Crippen LogP contribution is -2.40. The highest BCUT2D eigenvalue weighted by Crippen LogP contribution is 2.32. The van der Waals surface area contributed by atoms with Crippen molar-refractivity contribution in [2.24, 2.45) is 17.6 Å². The molecule has 0 radical (unpaired) electrons. The Hall–Kier alpha value is -0.570. The van der Waals surface area contributed by atoms with Crippen LogP contribution in [-0.2, 0) is 0 Å². The predicted octanol–water partition coefficient (Wildman–Crippen LogP) is 3.71. The smallest absolute Gasteiger partial charge is 0.0485 e. The Morgan fingerprint density at radius 1 is 1.26 bits per heavy atom. The number of halogens is 1. The van der Waals surface area contributed by atoms with Crippen molar-refractivity contribution in [2.45, 2.75) is 32.7 Å². The van der Waals surface area contributed by atoms with Crippen LogP contribution >= 0.6 is 11.6 Å². The zero-order valence-electron chi connectivity index (χ0n) is 12.0. The number of nitrogens with two attached hydrogens (primary N) is 1. The minimum absolute atomic E-state index is 0.266. The minimum Gasteiger partial charge on any atom is -0.329 e. The van der Waals surface area contributed by atoms with E-state index in [4.69, 9.17) is 17.3 Å². The molecule has 2 rings (SSSR count). The molecule has 1 heterocycles. The summed E-state index contributed by atoms with van der Waals surface area (Å²) in [6.07, 6.45) is 2.55. The molecule has 1 unspecified atom stereocenters. The Morgan fingerprint density at radius 3 is 2.42 bits per heavy atom. The molecular formula is C16H25ClN2. The van der Waals surface area contributed by atoms with Crippen LogP contribution in [0.4, 0.5) is 0 Å². The third-order valence-corrected chi connectivity index (χ3v) is 4.79. The van der Waals surface area contributed by atoms with Crippen molar-refractivity contribution >= 4 is 11.6 Å². The molecule has 1 aliphatic heterocycles. The minimum atomic E-state index is 0.266. The number of likely N-dealkylation sites (tertiary alicyclic amines) is 1. The summed E-state index contributed by atoms with van der Waals surface area (Å²) >= 11 is 6.31. The molecule has 2 N–H and O–H groups in total. The van der Waals surface area contributed by atoms with Crippen LogP contribution in [0.5, 0.6) is 0 Å². The van der Waals surface area contributed by atoms with E-state index in [1.165, 1.54) is 18.4 Å². The standard InChI is InChI=1S/C16H25ClN2/c1-12(2)13-7-9-19(10-8-13)16(11-18)14-5-3-4-6-15(14)17/h3-6,12-13,16H,7-11,18H2,1-2H3. The lowest BCUT2D eigenvalue weighted by Gasteiger charge is -2.38. The van der Waals surface area contributed by atoms with Crippen LogP contribution in [0.1, 0.15) is 38.3 Å². The van der Waals surface area contributed by atoms with Gasteiger partial charge in [0.25, 0.3) is 0 Å². The third kappa shape index (κ3) is 3.50. The van der Waals surface area contributed by atoms with E-state index in [0.717, 1.165) is 29.9 Å². The number of rotatable bonds is 4. The van der Waals surface area contributed by atoms with Crippen molar-refractivity contribution < 1.29 is 0 Å². The molecule has 1 atom stereocenters. The molecule has 0 aromatic heterocycles. The van der Waals surface area contributed by atoms with Crippen molar-refractivity contribution in [1.29, 1.82) is 0 Å². The first-order valence-electron chi connectivity index (χ1n) is 7.32. The van der Waals surface area contributed by atoms with Gasteiger partial charge in [0.1, 0.15) is 0 Å². The highest BCUT2D eigenvalue weighted by molar-refractivity contribution is 6.31. The molecule has 1 saturated heterocycles. The molecule has 1 fully saturated rings. The van der Waals surface area contributed by atoms with Crippen molar-refractivity contribution in [3.05, 3.63) is 34.9 Å². The van der Waals surface area contributed by atoms with Gasteiger partial charge in [-0.3, -0.25) is 4.90 Å². The van der Waals surface area contributed by atoms with Crippen LogP contribution in [0.15, 0.2) is 24.3 Å². The van der Waals surface area contributed by atoms with Gasteiger partial charge in [-0.15, -0.1) is 0 Å². The highest BCUT2D eigenvalue weighted by atomic mass is 35.5. The van der Waals surface area contributed by atoms with Gasteiger partial charge in [-0.1, -0.05) is 43.6 Å². The molecule has 0 amide bonds. The summed E-state index contributed by atoms with van der Waals surface area (Å²) < 4.78 is 0. The third-order valence-electron chi connectivity index (χ3n) is 4.45. The first-order valence-corrected chi connectivity index (χ1v) is 7.69. The summed E-state index contributed by atoms with van der Waals surface area (Å²) in [6, 6.07) is 8.35. The van der Waals surface area contributed by atoms with Gasteiger partial charge in [0.05, 0.1) is 0 Å². The maximum Gasteiger partial charge on any atom is 0.0485 e. The van der Waals surface area contributed by atoms with Crippen LogP contribution in [-0.4, -0.2) is 24.5 Å². The zero-order valence-corrected chi connectivity index (χ0v) is 12.7. The van der Waals surface area contributed by atoms with Gasteiger partial charge in [0.15, 0.2) is 0 Å². The van der Waals surface area contributed by atoms with Crippen LogP contribution in [0.25, 0.3) is 0 Å². The molecule has 1 aliphatic rings. The number of nitrogens with zero attached hydrogens (tertiary/aromatic N) is 1. The predicted molar refractivity (Wildman–Crippen MR) is 82.4 cm³/mol. The summed E-state index contributed by atoms with van der Waals surface area (Å²) in [5.41, 5.74) is 7.17. The second-order valence-electron chi connectivity index (χ2n) is 5.89. The monoisotopic (exact) mass is 280 g/mol. The molecular weight excluding hydrogens is 256 g/mol. The molecule has 3 heteroatoms. The molecule has 19 heavy (non-hydrogen) atoms. The fourth-order valence-corrected chi connectivity index (χ4v) is 3.38. The zero-order chi connectivity index (χ0) is 13.8. The SMILES string of the molecule is CC(C)C1CCN(C(CN)c2ccccc2Cl)CC1. The van der Waals surface area contributed by atoms with E-state index < -0.39 is 0 Å². The first kappa shape index (κ1) is 14.8. The van der Waals surface area contributed by atoms with Crippen LogP contribution in [0.2, 0.25) is 5.02 Å². The van der Waals surface area contributed by atoms with E-state index in [-0.39, 0.29) is 6.04 Å². The van der Waals surface area contributed by atoms with Crippen LogP contribution < -0.4 is 5.73 Å². The van der Waals surface area contributed by atoms with E-state index in [9.17, 15) is 0 Å².